The van der Waals surface area contributed by atoms with Crippen LogP contribution in [0.5, 0.6) is 0 Å². The summed E-state index contributed by atoms with van der Waals surface area (Å²) in [5, 5.41) is 0.450. The number of para-hydroxylation sites is 1. The second-order valence-corrected chi connectivity index (χ2v) is 8.33. The van der Waals surface area contributed by atoms with E-state index in [4.69, 9.17) is 11.6 Å². The first-order chi connectivity index (χ1) is 11.9. The van der Waals surface area contributed by atoms with E-state index in [1.54, 1.807) is 29.2 Å². The largest absolute Gasteiger partial charge is 0.312 e. The summed E-state index contributed by atoms with van der Waals surface area (Å²) in [7, 11) is -3.51. The molecule has 25 heavy (non-hydrogen) atoms. The maximum absolute atomic E-state index is 12.6. The number of halogens is 1. The van der Waals surface area contributed by atoms with Crippen molar-refractivity contribution in [3.63, 3.8) is 0 Å². The summed E-state index contributed by atoms with van der Waals surface area (Å²) in [6.45, 7) is 0.713. The van der Waals surface area contributed by atoms with Gasteiger partial charge in [-0.1, -0.05) is 35.9 Å². The topological polar surface area (TPSA) is 57.7 Å². The lowest BCUT2D eigenvalue weighted by Gasteiger charge is -2.24. The summed E-state index contributed by atoms with van der Waals surface area (Å²) in [4.78, 5) is 14.3. The van der Waals surface area contributed by atoms with Crippen molar-refractivity contribution in [2.24, 2.45) is 0 Å². The molecule has 0 aliphatic carbocycles. The van der Waals surface area contributed by atoms with Crippen LogP contribution in [-0.4, -0.2) is 33.7 Å². The molecule has 0 saturated carbocycles. The molecule has 0 spiro atoms. The van der Waals surface area contributed by atoms with Crippen LogP contribution in [0.15, 0.2) is 48.5 Å². The Labute approximate surface area is 152 Å². The molecular formula is C18H19ClN2O3S. The van der Waals surface area contributed by atoms with Gasteiger partial charge in [0.2, 0.25) is 15.9 Å². The van der Waals surface area contributed by atoms with Gasteiger partial charge in [0.1, 0.15) is 0 Å². The highest BCUT2D eigenvalue weighted by molar-refractivity contribution is 7.92. The second-order valence-electron chi connectivity index (χ2n) is 5.99. The van der Waals surface area contributed by atoms with Gasteiger partial charge < -0.3 is 4.90 Å². The van der Waals surface area contributed by atoms with Gasteiger partial charge in [-0.25, -0.2) is 8.42 Å². The van der Waals surface area contributed by atoms with Crippen molar-refractivity contribution in [3.8, 4) is 0 Å². The summed E-state index contributed by atoms with van der Waals surface area (Å²) in [6, 6.07) is 14.4. The number of amides is 1. The third-order valence-electron chi connectivity index (χ3n) is 4.21. The van der Waals surface area contributed by atoms with Gasteiger partial charge in [-0.2, -0.15) is 0 Å². The van der Waals surface area contributed by atoms with Crippen LogP contribution in [0.25, 0.3) is 0 Å². The standard InChI is InChI=1S/C18H19ClN2O3S/c1-25(23,24)21(16-7-4-6-15(19)13-16)12-10-18(22)20-11-9-14-5-2-3-8-17(14)20/h2-8,13H,9-12H2,1H3. The molecular weight excluding hydrogens is 360 g/mol. The minimum absolute atomic E-state index is 0.0800. The van der Waals surface area contributed by atoms with Crippen molar-refractivity contribution in [1.82, 2.24) is 0 Å². The molecule has 0 saturated heterocycles. The molecule has 3 rings (SSSR count). The van der Waals surface area contributed by atoms with E-state index in [2.05, 4.69) is 0 Å². The average Bonchev–Trinajstić information content (AvgIpc) is 2.98. The molecule has 0 aromatic heterocycles. The smallest absolute Gasteiger partial charge is 0.232 e. The maximum atomic E-state index is 12.6. The van der Waals surface area contributed by atoms with Crippen LogP contribution >= 0.6 is 11.6 Å². The Morgan fingerprint density at radius 2 is 1.96 bits per heavy atom. The van der Waals surface area contributed by atoms with Crippen LogP contribution in [0.4, 0.5) is 11.4 Å². The Morgan fingerprint density at radius 3 is 2.68 bits per heavy atom. The van der Waals surface area contributed by atoms with E-state index >= 15 is 0 Å². The van der Waals surface area contributed by atoms with E-state index in [0.29, 0.717) is 17.3 Å². The average molecular weight is 379 g/mol. The Bertz CT molecular complexity index is 899. The summed E-state index contributed by atoms with van der Waals surface area (Å²) in [5.41, 5.74) is 2.52. The number of fused-ring (bicyclic) bond motifs is 1. The van der Waals surface area contributed by atoms with Crippen LogP contribution in [0.3, 0.4) is 0 Å². The predicted octanol–water partition coefficient (Wildman–Crippen LogP) is 3.09. The SMILES string of the molecule is CS(=O)(=O)N(CCC(=O)N1CCc2ccccc21)c1cccc(Cl)c1. The van der Waals surface area contributed by atoms with E-state index < -0.39 is 10.0 Å². The zero-order valence-corrected chi connectivity index (χ0v) is 15.4. The normalized spacial score (nSPS) is 13.6. The quantitative estimate of drug-likeness (QED) is 0.803. The molecule has 1 aliphatic heterocycles. The predicted molar refractivity (Wildman–Crippen MR) is 101 cm³/mol. The summed E-state index contributed by atoms with van der Waals surface area (Å²) in [5.74, 6) is -0.0828. The van der Waals surface area contributed by atoms with Gasteiger partial charge in [-0.3, -0.25) is 9.10 Å². The van der Waals surface area contributed by atoms with Crippen molar-refractivity contribution in [1.29, 1.82) is 0 Å². The number of nitrogens with zero attached hydrogens (tertiary/aromatic N) is 2. The minimum Gasteiger partial charge on any atom is -0.312 e. The lowest BCUT2D eigenvalue weighted by atomic mass is 10.2. The first-order valence-corrected chi connectivity index (χ1v) is 10.2. The molecule has 5 nitrogen and oxygen atoms in total. The fourth-order valence-corrected chi connectivity index (χ4v) is 4.15. The van der Waals surface area contributed by atoms with Gasteiger partial charge in [-0.15, -0.1) is 0 Å². The molecule has 1 amide bonds. The highest BCUT2D eigenvalue weighted by Gasteiger charge is 2.26. The van der Waals surface area contributed by atoms with Crippen LogP contribution < -0.4 is 9.21 Å². The molecule has 7 heteroatoms. The summed E-state index contributed by atoms with van der Waals surface area (Å²) in [6.07, 6.45) is 2.06. The van der Waals surface area contributed by atoms with Gasteiger partial charge in [0.05, 0.1) is 11.9 Å². The van der Waals surface area contributed by atoms with Crippen LogP contribution in [0, 0.1) is 0 Å². The summed E-state index contributed by atoms with van der Waals surface area (Å²) >= 11 is 5.96. The lowest BCUT2D eigenvalue weighted by molar-refractivity contribution is -0.118. The van der Waals surface area contributed by atoms with Crippen molar-refractivity contribution >= 4 is 38.9 Å². The zero-order chi connectivity index (χ0) is 18.0. The number of hydrogen-bond donors (Lipinski definition) is 0. The highest BCUT2D eigenvalue weighted by atomic mass is 35.5. The molecule has 2 aromatic rings. The Hall–Kier alpha value is -2.05. The maximum Gasteiger partial charge on any atom is 0.232 e. The first kappa shape index (κ1) is 17.8. The van der Waals surface area contributed by atoms with E-state index in [1.807, 2.05) is 24.3 Å². The van der Waals surface area contributed by atoms with E-state index in [0.717, 1.165) is 23.9 Å². The number of sulfonamides is 1. The van der Waals surface area contributed by atoms with Gasteiger partial charge >= 0.3 is 0 Å². The van der Waals surface area contributed by atoms with Crippen LogP contribution in [0.2, 0.25) is 5.02 Å². The molecule has 0 atom stereocenters. The molecule has 2 aromatic carbocycles. The molecule has 1 heterocycles. The third-order valence-corrected chi connectivity index (χ3v) is 5.64. The van der Waals surface area contributed by atoms with Crippen molar-refractivity contribution < 1.29 is 13.2 Å². The van der Waals surface area contributed by atoms with E-state index in [9.17, 15) is 13.2 Å². The van der Waals surface area contributed by atoms with E-state index in [-0.39, 0.29) is 18.9 Å². The van der Waals surface area contributed by atoms with Gasteiger partial charge in [0.25, 0.3) is 0 Å². The Balaban J connectivity index is 1.75. The van der Waals surface area contributed by atoms with Gasteiger partial charge in [0, 0.05) is 30.2 Å². The second kappa shape index (κ2) is 7.06. The molecule has 132 valence electrons. The van der Waals surface area contributed by atoms with Gasteiger partial charge in [-0.05, 0) is 36.2 Å². The molecule has 0 unspecified atom stereocenters. The number of hydrogen-bond acceptors (Lipinski definition) is 3. The number of rotatable bonds is 5. The fraction of sp³-hybridized carbons (Fsp3) is 0.278. The minimum atomic E-state index is -3.51. The highest BCUT2D eigenvalue weighted by Crippen LogP contribution is 2.28. The van der Waals surface area contributed by atoms with Gasteiger partial charge in [0.15, 0.2) is 0 Å². The molecule has 0 bridgehead atoms. The van der Waals surface area contributed by atoms with Crippen LogP contribution in [-0.2, 0) is 21.2 Å². The molecule has 0 N–H and O–H groups in total. The van der Waals surface area contributed by atoms with Crippen LogP contribution in [0.1, 0.15) is 12.0 Å². The molecule has 0 radical (unpaired) electrons. The molecule has 1 aliphatic rings. The number of carbonyl (C=O) groups is 1. The van der Waals surface area contributed by atoms with Crippen molar-refractivity contribution in [2.45, 2.75) is 12.8 Å². The molecule has 0 fully saturated rings. The Kier molecular flexibility index (Phi) is 5.01. The van der Waals surface area contributed by atoms with E-state index in [1.165, 1.54) is 4.31 Å². The number of anilines is 2. The Morgan fingerprint density at radius 1 is 1.20 bits per heavy atom. The summed E-state index contributed by atoms with van der Waals surface area (Å²) < 4.78 is 25.5. The first-order valence-electron chi connectivity index (χ1n) is 7.98. The van der Waals surface area contributed by atoms with Crippen molar-refractivity contribution in [2.75, 3.05) is 28.6 Å². The van der Waals surface area contributed by atoms with Crippen molar-refractivity contribution in [3.05, 3.63) is 59.1 Å². The zero-order valence-electron chi connectivity index (χ0n) is 13.9. The fourth-order valence-electron chi connectivity index (χ4n) is 3.05. The lowest BCUT2D eigenvalue weighted by Crippen LogP contribution is -2.36. The number of benzene rings is 2. The monoisotopic (exact) mass is 378 g/mol. The number of carbonyl (C=O) groups excluding carboxylic acids is 1. The third kappa shape index (κ3) is 3.96.